The second kappa shape index (κ2) is 4.38. The van der Waals surface area contributed by atoms with E-state index in [1.54, 1.807) is 21.4 Å². The number of aliphatic hydroxyl groups is 2. The molecule has 3 aromatic rings. The SMILES string of the molecule is O=c1[nH]c2nccn2c2c1ncn2C1CC(O)C(CO)O1. The second-order valence-corrected chi connectivity index (χ2v) is 5.01. The van der Waals surface area contributed by atoms with Crippen LogP contribution in [0.4, 0.5) is 0 Å². The van der Waals surface area contributed by atoms with Crippen LogP contribution < -0.4 is 5.56 Å². The maximum Gasteiger partial charge on any atom is 0.280 e. The average molecular weight is 291 g/mol. The van der Waals surface area contributed by atoms with E-state index >= 15 is 0 Å². The van der Waals surface area contributed by atoms with Crippen LogP contribution in [0.1, 0.15) is 12.6 Å². The highest BCUT2D eigenvalue weighted by molar-refractivity contribution is 5.72. The highest BCUT2D eigenvalue weighted by atomic mass is 16.5. The van der Waals surface area contributed by atoms with Gasteiger partial charge in [0.2, 0.25) is 5.78 Å². The van der Waals surface area contributed by atoms with Gasteiger partial charge in [0, 0.05) is 18.8 Å². The third-order valence-electron chi connectivity index (χ3n) is 3.77. The number of H-pyrrole nitrogens is 1. The third-order valence-corrected chi connectivity index (χ3v) is 3.77. The molecule has 0 aliphatic carbocycles. The number of imidazole rings is 2. The summed E-state index contributed by atoms with van der Waals surface area (Å²) in [6.45, 7) is -0.259. The van der Waals surface area contributed by atoms with Crippen LogP contribution in [-0.4, -0.2) is 52.9 Å². The van der Waals surface area contributed by atoms with Crippen LogP contribution in [0.2, 0.25) is 0 Å². The van der Waals surface area contributed by atoms with E-state index in [-0.39, 0.29) is 17.7 Å². The number of rotatable bonds is 2. The van der Waals surface area contributed by atoms with Crippen LogP contribution in [0.15, 0.2) is 23.5 Å². The van der Waals surface area contributed by atoms with Crippen LogP contribution in [0.3, 0.4) is 0 Å². The van der Waals surface area contributed by atoms with Crippen molar-refractivity contribution in [2.75, 3.05) is 6.61 Å². The molecule has 1 aliphatic heterocycles. The van der Waals surface area contributed by atoms with Crippen molar-refractivity contribution in [3.05, 3.63) is 29.1 Å². The molecule has 1 saturated heterocycles. The molecule has 3 atom stereocenters. The molecule has 0 radical (unpaired) electrons. The van der Waals surface area contributed by atoms with Crippen molar-refractivity contribution in [1.82, 2.24) is 23.9 Å². The minimum atomic E-state index is -0.752. The van der Waals surface area contributed by atoms with Crippen LogP contribution in [-0.2, 0) is 4.74 Å². The molecule has 0 amide bonds. The number of ether oxygens (including phenoxy) is 1. The standard InChI is InChI=1S/C12H13N5O4/c18-4-7-6(19)3-8(21-7)17-5-14-9-10(20)15-12-13-1-2-16(12)11(9)17/h1-2,5-8,18-19H,3-4H2,(H,13,15,20). The lowest BCUT2D eigenvalue weighted by Gasteiger charge is -2.14. The summed E-state index contributed by atoms with van der Waals surface area (Å²) in [5.74, 6) is 0.409. The zero-order chi connectivity index (χ0) is 14.6. The molecule has 3 unspecified atom stereocenters. The topological polar surface area (TPSA) is 118 Å². The number of aromatic nitrogens is 5. The Balaban J connectivity index is 1.92. The molecule has 3 N–H and O–H groups in total. The van der Waals surface area contributed by atoms with Gasteiger partial charge in [0.05, 0.1) is 19.0 Å². The summed E-state index contributed by atoms with van der Waals surface area (Å²) >= 11 is 0. The summed E-state index contributed by atoms with van der Waals surface area (Å²) in [5, 5.41) is 19.0. The van der Waals surface area contributed by atoms with Gasteiger partial charge in [-0.1, -0.05) is 0 Å². The van der Waals surface area contributed by atoms with Crippen molar-refractivity contribution in [2.24, 2.45) is 0 Å². The van der Waals surface area contributed by atoms with Gasteiger partial charge in [-0.2, -0.15) is 0 Å². The quantitative estimate of drug-likeness (QED) is 0.558. The fourth-order valence-corrected chi connectivity index (χ4v) is 2.74. The largest absolute Gasteiger partial charge is 0.394 e. The third kappa shape index (κ3) is 1.71. The predicted octanol–water partition coefficient (Wildman–Crippen LogP) is -0.987. The van der Waals surface area contributed by atoms with Gasteiger partial charge in [-0.15, -0.1) is 0 Å². The number of fused-ring (bicyclic) bond motifs is 3. The molecule has 1 aliphatic rings. The Morgan fingerprint density at radius 2 is 2.33 bits per heavy atom. The molecule has 0 bridgehead atoms. The van der Waals surface area contributed by atoms with E-state index in [2.05, 4.69) is 15.0 Å². The van der Waals surface area contributed by atoms with Gasteiger partial charge < -0.3 is 14.9 Å². The lowest BCUT2D eigenvalue weighted by molar-refractivity contribution is -0.0432. The Morgan fingerprint density at radius 3 is 3.10 bits per heavy atom. The predicted molar refractivity (Wildman–Crippen MR) is 70.7 cm³/mol. The summed E-state index contributed by atoms with van der Waals surface area (Å²) in [5.41, 5.74) is 0.479. The van der Waals surface area contributed by atoms with Crippen LogP contribution >= 0.6 is 0 Å². The molecule has 110 valence electrons. The Bertz CT molecular complexity index is 865. The van der Waals surface area contributed by atoms with E-state index < -0.39 is 18.4 Å². The van der Waals surface area contributed by atoms with Crippen molar-refractivity contribution in [2.45, 2.75) is 24.9 Å². The summed E-state index contributed by atoms with van der Waals surface area (Å²) in [4.78, 5) is 22.8. The van der Waals surface area contributed by atoms with Crippen molar-refractivity contribution >= 4 is 16.9 Å². The molecule has 21 heavy (non-hydrogen) atoms. The van der Waals surface area contributed by atoms with E-state index in [1.807, 2.05) is 0 Å². The molecular weight excluding hydrogens is 278 g/mol. The number of hydrogen-bond acceptors (Lipinski definition) is 6. The van der Waals surface area contributed by atoms with Crippen LogP contribution in [0, 0.1) is 0 Å². The fraction of sp³-hybridized carbons (Fsp3) is 0.417. The Hall–Kier alpha value is -2.23. The Morgan fingerprint density at radius 1 is 1.48 bits per heavy atom. The number of hydrogen-bond donors (Lipinski definition) is 3. The van der Waals surface area contributed by atoms with E-state index in [0.29, 0.717) is 17.8 Å². The highest BCUT2D eigenvalue weighted by Gasteiger charge is 2.35. The molecule has 0 saturated carbocycles. The normalized spacial score (nSPS) is 26.1. The van der Waals surface area contributed by atoms with E-state index in [0.717, 1.165) is 0 Å². The summed E-state index contributed by atoms with van der Waals surface area (Å²) in [7, 11) is 0. The molecule has 4 heterocycles. The summed E-state index contributed by atoms with van der Waals surface area (Å²) in [6, 6.07) is 0. The van der Waals surface area contributed by atoms with Crippen molar-refractivity contribution in [3.63, 3.8) is 0 Å². The first-order valence-corrected chi connectivity index (χ1v) is 6.55. The van der Waals surface area contributed by atoms with Gasteiger partial charge in [-0.25, -0.2) is 9.97 Å². The van der Waals surface area contributed by atoms with Gasteiger partial charge >= 0.3 is 0 Å². The monoisotopic (exact) mass is 291 g/mol. The van der Waals surface area contributed by atoms with Gasteiger partial charge in [0.1, 0.15) is 12.3 Å². The molecule has 9 heteroatoms. The number of nitrogens with one attached hydrogen (secondary N) is 1. The minimum Gasteiger partial charge on any atom is -0.394 e. The molecule has 4 rings (SSSR count). The van der Waals surface area contributed by atoms with Crippen LogP contribution in [0.25, 0.3) is 16.9 Å². The van der Waals surface area contributed by atoms with E-state index in [9.17, 15) is 9.90 Å². The zero-order valence-corrected chi connectivity index (χ0v) is 10.9. The van der Waals surface area contributed by atoms with Crippen molar-refractivity contribution < 1.29 is 14.9 Å². The van der Waals surface area contributed by atoms with E-state index in [4.69, 9.17) is 9.84 Å². The molecule has 0 aromatic carbocycles. The van der Waals surface area contributed by atoms with Gasteiger partial charge in [-0.3, -0.25) is 18.7 Å². The lowest BCUT2D eigenvalue weighted by atomic mass is 10.2. The molecule has 0 spiro atoms. The van der Waals surface area contributed by atoms with Crippen molar-refractivity contribution in [1.29, 1.82) is 0 Å². The molecule has 9 nitrogen and oxygen atoms in total. The molecular formula is C12H13N5O4. The number of aliphatic hydroxyl groups excluding tert-OH is 2. The first kappa shape index (κ1) is 12.5. The summed E-state index contributed by atoms with van der Waals surface area (Å²) in [6.07, 6.45) is 3.22. The fourth-order valence-electron chi connectivity index (χ4n) is 2.74. The number of aromatic amines is 1. The maximum atomic E-state index is 12.0. The molecule has 1 fully saturated rings. The van der Waals surface area contributed by atoms with E-state index in [1.165, 1.54) is 6.33 Å². The minimum absolute atomic E-state index is 0.259. The first-order chi connectivity index (χ1) is 10.2. The second-order valence-electron chi connectivity index (χ2n) is 5.01. The summed E-state index contributed by atoms with van der Waals surface area (Å²) < 4.78 is 9.00. The Labute approximate surface area is 117 Å². The van der Waals surface area contributed by atoms with Gasteiger partial charge in [0.25, 0.3) is 5.56 Å². The van der Waals surface area contributed by atoms with Crippen LogP contribution in [0.5, 0.6) is 0 Å². The van der Waals surface area contributed by atoms with Gasteiger partial charge in [0.15, 0.2) is 11.2 Å². The lowest BCUT2D eigenvalue weighted by Crippen LogP contribution is -2.24. The smallest absolute Gasteiger partial charge is 0.280 e. The average Bonchev–Trinajstić information content (AvgIpc) is 3.14. The number of nitrogens with zero attached hydrogens (tertiary/aromatic N) is 4. The van der Waals surface area contributed by atoms with Crippen molar-refractivity contribution in [3.8, 4) is 0 Å². The maximum absolute atomic E-state index is 12.0. The first-order valence-electron chi connectivity index (χ1n) is 6.55. The van der Waals surface area contributed by atoms with Gasteiger partial charge in [-0.05, 0) is 0 Å². The highest BCUT2D eigenvalue weighted by Crippen LogP contribution is 2.30. The Kier molecular flexibility index (Phi) is 2.61. The zero-order valence-electron chi connectivity index (χ0n) is 10.9. The molecule has 3 aromatic heterocycles.